The fourth-order valence-corrected chi connectivity index (χ4v) is 2.82. The highest BCUT2D eigenvalue weighted by atomic mass is 16.7. The molecule has 1 aliphatic heterocycles. The fraction of sp³-hybridized carbons (Fsp3) is 0.591. The zero-order valence-corrected chi connectivity index (χ0v) is 16.4. The Labute approximate surface area is 162 Å². The van der Waals surface area contributed by atoms with E-state index in [1.165, 1.54) is 6.42 Å². The van der Waals surface area contributed by atoms with Gasteiger partial charge in [-0.15, -0.1) is 0 Å². The molecule has 0 spiro atoms. The molecule has 1 atom stereocenters. The second-order valence-electron chi connectivity index (χ2n) is 6.54. The lowest BCUT2D eigenvalue weighted by Gasteiger charge is -2.21. The van der Waals surface area contributed by atoms with Crippen molar-refractivity contribution < 1.29 is 23.7 Å². The van der Waals surface area contributed by atoms with E-state index in [0.29, 0.717) is 25.4 Å². The molecular weight excluding hydrogens is 344 g/mol. The number of rotatable bonds is 12. The van der Waals surface area contributed by atoms with Crippen LogP contribution in [0, 0.1) is 0 Å². The number of hydrogen-bond donors (Lipinski definition) is 0. The molecule has 1 heterocycles. The SMILES string of the molecule is CCOC(=O)c1ccc(OCCCCCC=CCOC2CCCCO2)cc1. The first-order valence-corrected chi connectivity index (χ1v) is 10.1. The number of carbonyl (C=O) groups excluding carboxylic acids is 1. The van der Waals surface area contributed by atoms with Crippen LogP contribution in [0.2, 0.25) is 0 Å². The van der Waals surface area contributed by atoms with E-state index in [0.717, 1.165) is 50.9 Å². The molecule has 1 saturated heterocycles. The summed E-state index contributed by atoms with van der Waals surface area (Å²) in [6, 6.07) is 7.09. The number of esters is 1. The Morgan fingerprint density at radius 2 is 2.00 bits per heavy atom. The number of allylic oxidation sites excluding steroid dienone is 1. The first-order valence-electron chi connectivity index (χ1n) is 10.1. The summed E-state index contributed by atoms with van der Waals surface area (Å²) in [5.74, 6) is 0.485. The van der Waals surface area contributed by atoms with Gasteiger partial charge in [0.25, 0.3) is 0 Å². The van der Waals surface area contributed by atoms with E-state index < -0.39 is 0 Å². The van der Waals surface area contributed by atoms with Gasteiger partial charge in [-0.1, -0.05) is 12.2 Å². The van der Waals surface area contributed by atoms with Crippen molar-refractivity contribution in [1.82, 2.24) is 0 Å². The lowest BCUT2D eigenvalue weighted by atomic mass is 10.2. The largest absolute Gasteiger partial charge is 0.494 e. The van der Waals surface area contributed by atoms with Gasteiger partial charge in [0.1, 0.15) is 5.75 Å². The Bertz CT molecular complexity index is 546. The molecule has 5 nitrogen and oxygen atoms in total. The minimum absolute atomic E-state index is 0.00749. The summed E-state index contributed by atoms with van der Waals surface area (Å²) in [6.45, 7) is 4.33. The molecule has 1 aromatic carbocycles. The van der Waals surface area contributed by atoms with Crippen molar-refractivity contribution in [3.8, 4) is 5.75 Å². The number of benzene rings is 1. The molecule has 0 amide bonds. The van der Waals surface area contributed by atoms with Gasteiger partial charge < -0.3 is 18.9 Å². The minimum atomic E-state index is -0.297. The van der Waals surface area contributed by atoms with E-state index in [1.54, 1.807) is 19.1 Å². The molecule has 0 N–H and O–H groups in total. The number of hydrogen-bond acceptors (Lipinski definition) is 5. The Kier molecular flexibility index (Phi) is 10.6. The number of ether oxygens (including phenoxy) is 4. The van der Waals surface area contributed by atoms with E-state index in [2.05, 4.69) is 12.2 Å². The van der Waals surface area contributed by atoms with Crippen LogP contribution in [-0.2, 0) is 14.2 Å². The van der Waals surface area contributed by atoms with Gasteiger partial charge in [0, 0.05) is 6.61 Å². The molecule has 1 aromatic rings. The summed E-state index contributed by atoms with van der Waals surface area (Å²) in [4.78, 5) is 11.6. The van der Waals surface area contributed by atoms with E-state index in [4.69, 9.17) is 18.9 Å². The Morgan fingerprint density at radius 3 is 2.74 bits per heavy atom. The second-order valence-corrected chi connectivity index (χ2v) is 6.54. The zero-order valence-electron chi connectivity index (χ0n) is 16.4. The van der Waals surface area contributed by atoms with E-state index in [1.807, 2.05) is 12.1 Å². The van der Waals surface area contributed by atoms with Gasteiger partial charge in [-0.05, 0) is 76.1 Å². The highest BCUT2D eigenvalue weighted by molar-refractivity contribution is 5.89. The van der Waals surface area contributed by atoms with Gasteiger partial charge in [-0.25, -0.2) is 4.79 Å². The van der Waals surface area contributed by atoms with Crippen LogP contribution < -0.4 is 4.74 Å². The van der Waals surface area contributed by atoms with Crippen LogP contribution in [0.1, 0.15) is 62.2 Å². The third-order valence-electron chi connectivity index (χ3n) is 4.33. The highest BCUT2D eigenvalue weighted by Gasteiger charge is 2.12. The van der Waals surface area contributed by atoms with Crippen molar-refractivity contribution in [3.05, 3.63) is 42.0 Å². The van der Waals surface area contributed by atoms with Crippen LogP contribution in [0.3, 0.4) is 0 Å². The van der Waals surface area contributed by atoms with Gasteiger partial charge in [0.2, 0.25) is 0 Å². The van der Waals surface area contributed by atoms with Crippen molar-refractivity contribution in [1.29, 1.82) is 0 Å². The van der Waals surface area contributed by atoms with Crippen LogP contribution >= 0.6 is 0 Å². The molecule has 5 heteroatoms. The van der Waals surface area contributed by atoms with Gasteiger partial charge >= 0.3 is 5.97 Å². The number of unbranched alkanes of at least 4 members (excludes halogenated alkanes) is 3. The first kappa shape index (κ1) is 21.5. The van der Waals surface area contributed by atoms with Gasteiger partial charge in [0.05, 0.1) is 25.4 Å². The fourth-order valence-electron chi connectivity index (χ4n) is 2.82. The maximum absolute atomic E-state index is 11.6. The molecule has 1 aliphatic rings. The van der Waals surface area contributed by atoms with Crippen LogP contribution in [0.15, 0.2) is 36.4 Å². The molecule has 1 fully saturated rings. The summed E-state index contributed by atoms with van der Waals surface area (Å²) in [5, 5.41) is 0. The second kappa shape index (κ2) is 13.3. The third kappa shape index (κ3) is 9.07. The minimum Gasteiger partial charge on any atom is -0.494 e. The summed E-state index contributed by atoms with van der Waals surface area (Å²) in [7, 11) is 0. The molecule has 27 heavy (non-hydrogen) atoms. The lowest BCUT2D eigenvalue weighted by Crippen LogP contribution is -2.22. The van der Waals surface area contributed by atoms with Crippen LogP contribution in [0.25, 0.3) is 0 Å². The van der Waals surface area contributed by atoms with Crippen molar-refractivity contribution in [3.63, 3.8) is 0 Å². The Hall–Kier alpha value is -1.85. The molecule has 0 radical (unpaired) electrons. The molecule has 150 valence electrons. The highest BCUT2D eigenvalue weighted by Crippen LogP contribution is 2.15. The Balaban J connectivity index is 1.46. The molecule has 1 unspecified atom stereocenters. The lowest BCUT2D eigenvalue weighted by molar-refractivity contribution is -0.155. The van der Waals surface area contributed by atoms with Crippen LogP contribution in [0.5, 0.6) is 5.75 Å². The predicted molar refractivity (Wildman–Crippen MR) is 105 cm³/mol. The summed E-state index contributed by atoms with van der Waals surface area (Å²) in [6.07, 6.45) is 12.0. The Morgan fingerprint density at radius 1 is 1.15 bits per heavy atom. The van der Waals surface area contributed by atoms with Crippen LogP contribution in [-0.4, -0.2) is 38.7 Å². The normalized spacial score (nSPS) is 17.1. The standard InChI is InChI=1S/C22H32O5/c1-2-24-22(23)19-12-14-20(15-13-19)25-16-8-5-3-4-6-9-17-26-21-11-7-10-18-27-21/h6,9,12-15,21H,2-5,7-8,10-11,16-18H2,1H3. The van der Waals surface area contributed by atoms with Crippen molar-refractivity contribution in [2.75, 3.05) is 26.4 Å². The monoisotopic (exact) mass is 376 g/mol. The maximum atomic E-state index is 11.6. The van der Waals surface area contributed by atoms with Crippen molar-refractivity contribution >= 4 is 5.97 Å². The maximum Gasteiger partial charge on any atom is 0.338 e. The van der Waals surface area contributed by atoms with Gasteiger partial charge in [-0.3, -0.25) is 0 Å². The molecule has 0 aliphatic carbocycles. The number of carbonyl (C=O) groups is 1. The molecule has 0 saturated carbocycles. The zero-order chi connectivity index (χ0) is 19.2. The average Bonchev–Trinajstić information content (AvgIpc) is 2.71. The summed E-state index contributed by atoms with van der Waals surface area (Å²) >= 11 is 0. The molecular formula is C22H32O5. The summed E-state index contributed by atoms with van der Waals surface area (Å²) < 4.78 is 21.8. The molecule has 0 aromatic heterocycles. The molecule has 0 bridgehead atoms. The predicted octanol–water partition coefficient (Wildman–Crippen LogP) is 4.90. The molecule has 2 rings (SSSR count). The average molecular weight is 376 g/mol. The summed E-state index contributed by atoms with van der Waals surface area (Å²) in [5.41, 5.74) is 0.551. The van der Waals surface area contributed by atoms with E-state index in [9.17, 15) is 4.79 Å². The van der Waals surface area contributed by atoms with Gasteiger partial charge in [-0.2, -0.15) is 0 Å². The van der Waals surface area contributed by atoms with E-state index in [-0.39, 0.29) is 12.3 Å². The van der Waals surface area contributed by atoms with E-state index >= 15 is 0 Å². The topological polar surface area (TPSA) is 54.0 Å². The first-order chi connectivity index (χ1) is 13.3. The smallest absolute Gasteiger partial charge is 0.338 e. The van der Waals surface area contributed by atoms with Crippen LogP contribution in [0.4, 0.5) is 0 Å². The van der Waals surface area contributed by atoms with Crippen molar-refractivity contribution in [2.45, 2.75) is 58.2 Å². The van der Waals surface area contributed by atoms with Gasteiger partial charge in [0.15, 0.2) is 6.29 Å². The quantitative estimate of drug-likeness (QED) is 0.295. The third-order valence-corrected chi connectivity index (χ3v) is 4.33. The van der Waals surface area contributed by atoms with Crippen molar-refractivity contribution in [2.24, 2.45) is 0 Å².